The number of nitrogens with zero attached hydrogens (tertiary/aromatic N) is 1. The maximum absolute atomic E-state index is 14.3. The van der Waals surface area contributed by atoms with E-state index in [0.29, 0.717) is 5.56 Å². The fourth-order valence-electron chi connectivity index (χ4n) is 6.11. The first kappa shape index (κ1) is 34.9. The molecule has 0 unspecified atom stereocenters. The van der Waals surface area contributed by atoms with Gasteiger partial charge in [-0.05, 0) is 56.0 Å². The van der Waals surface area contributed by atoms with Crippen LogP contribution in [-0.4, -0.2) is 82.1 Å². The first-order valence-electron chi connectivity index (χ1n) is 16.4. The summed E-state index contributed by atoms with van der Waals surface area (Å²) in [5.41, 5.74) is 1.46. The molecule has 2 aliphatic rings. The molecule has 0 saturated carbocycles. The smallest absolute Gasteiger partial charge is 0.408 e. The summed E-state index contributed by atoms with van der Waals surface area (Å²) < 4.78 is 5.45. The van der Waals surface area contributed by atoms with Crippen LogP contribution in [0.1, 0.15) is 43.9 Å². The Hall–Kier alpha value is -5.39. The molecule has 0 aromatic heterocycles. The van der Waals surface area contributed by atoms with Crippen LogP contribution in [0.3, 0.4) is 0 Å². The van der Waals surface area contributed by atoms with E-state index in [1.54, 1.807) is 32.9 Å². The number of hydrogen-bond acceptors (Lipinski definition) is 7. The van der Waals surface area contributed by atoms with Crippen LogP contribution in [0.25, 0.3) is 0 Å². The molecule has 3 aromatic rings. The van der Waals surface area contributed by atoms with E-state index < -0.39 is 65.5 Å². The summed E-state index contributed by atoms with van der Waals surface area (Å²) in [5.74, 6) is -2.03. The van der Waals surface area contributed by atoms with Gasteiger partial charge < -0.3 is 36.0 Å². The number of benzene rings is 3. The Bertz CT molecular complexity index is 1640. The second kappa shape index (κ2) is 15.2. The number of aromatic hydroxyl groups is 1. The molecule has 5 amide bonds. The van der Waals surface area contributed by atoms with Crippen LogP contribution >= 0.6 is 0 Å². The van der Waals surface area contributed by atoms with Crippen LogP contribution in [-0.2, 0) is 43.2 Å². The number of phenolic OH excluding ortho intramolecular Hbond substituents is 1. The van der Waals surface area contributed by atoms with E-state index in [1.807, 2.05) is 60.7 Å². The number of phenols is 1. The van der Waals surface area contributed by atoms with Gasteiger partial charge in [0.25, 0.3) is 0 Å². The zero-order valence-electron chi connectivity index (χ0n) is 27.8. The summed E-state index contributed by atoms with van der Waals surface area (Å²) >= 11 is 0. The summed E-state index contributed by atoms with van der Waals surface area (Å²) in [7, 11) is 0. The molecular formula is C37H43N5O7. The minimum absolute atomic E-state index is 0.0000909. The quantitative estimate of drug-likeness (QED) is 0.246. The summed E-state index contributed by atoms with van der Waals surface area (Å²) in [6, 6.07) is 19.9. The minimum Gasteiger partial charge on any atom is -0.508 e. The van der Waals surface area contributed by atoms with Crippen LogP contribution in [0.5, 0.6) is 5.75 Å². The lowest BCUT2D eigenvalue weighted by atomic mass is 10.0. The second-order valence-electron chi connectivity index (χ2n) is 13.5. The van der Waals surface area contributed by atoms with Crippen molar-refractivity contribution in [3.05, 3.63) is 102 Å². The van der Waals surface area contributed by atoms with Crippen LogP contribution in [0.4, 0.5) is 4.79 Å². The van der Waals surface area contributed by atoms with E-state index in [9.17, 15) is 29.1 Å². The molecule has 5 N–H and O–H groups in total. The van der Waals surface area contributed by atoms with Gasteiger partial charge in [0.2, 0.25) is 23.6 Å². The minimum atomic E-state index is -1.15. The molecule has 5 rings (SSSR count). The van der Waals surface area contributed by atoms with Gasteiger partial charge in [-0.25, -0.2) is 4.79 Å². The van der Waals surface area contributed by atoms with Crippen molar-refractivity contribution in [2.75, 3.05) is 6.54 Å². The first-order valence-corrected chi connectivity index (χ1v) is 16.4. The number of rotatable bonds is 8. The third kappa shape index (κ3) is 9.59. The van der Waals surface area contributed by atoms with Crippen molar-refractivity contribution < 1.29 is 33.8 Å². The standard InChI is InChI=1S/C37H43N5O7/c1-37(2,3)49-36(48)41-30(20-25-14-16-27(43)17-15-25)35(47)42-22-26-21-31(42)34(46)40-29(19-24-12-8-5-9-13-24)33(45)39-28(32(44)38-26)18-23-10-6-4-7-11-23/h4-17,26,28-31,43H,18-22H2,1-3H3,(H,38,44)(H,39,45)(H,40,46)(H,41,48)/t26-,28-,29+,30-,31-/m0/s1. The van der Waals surface area contributed by atoms with Gasteiger partial charge in [0.1, 0.15) is 35.5 Å². The summed E-state index contributed by atoms with van der Waals surface area (Å²) in [5, 5.41) is 21.1. The average molecular weight is 670 g/mol. The molecule has 2 saturated heterocycles. The van der Waals surface area contributed by atoms with Gasteiger partial charge in [0, 0.05) is 31.8 Å². The van der Waals surface area contributed by atoms with Crippen molar-refractivity contribution in [3.63, 3.8) is 0 Å². The highest BCUT2D eigenvalue weighted by Gasteiger charge is 2.45. The fourth-order valence-corrected chi connectivity index (χ4v) is 6.11. The van der Waals surface area contributed by atoms with Gasteiger partial charge >= 0.3 is 6.09 Å². The lowest BCUT2D eigenvalue weighted by Gasteiger charge is -2.31. The van der Waals surface area contributed by atoms with Crippen LogP contribution in [0.2, 0.25) is 0 Å². The molecular weight excluding hydrogens is 626 g/mol. The summed E-state index contributed by atoms with van der Waals surface area (Å²) in [6.07, 6.45) is -0.291. The molecule has 12 heteroatoms. The number of alkyl carbamates (subject to hydrolysis) is 1. The molecule has 0 radical (unpaired) electrons. The second-order valence-corrected chi connectivity index (χ2v) is 13.5. The number of ether oxygens (including phenoxy) is 1. The molecule has 2 bridgehead atoms. The van der Waals surface area contributed by atoms with Gasteiger partial charge in [-0.3, -0.25) is 19.2 Å². The summed E-state index contributed by atoms with van der Waals surface area (Å²) in [6.45, 7) is 5.11. The van der Waals surface area contributed by atoms with Crippen molar-refractivity contribution in [3.8, 4) is 5.75 Å². The van der Waals surface area contributed by atoms with Gasteiger partial charge in [-0.15, -0.1) is 0 Å². The SMILES string of the molecule is CC(C)(C)OC(=O)N[C@@H](Cc1ccc(O)cc1)C(=O)N1C[C@@H]2C[C@H]1C(=O)N[C@H](Cc1ccccc1)C(=O)N[C@@H](Cc1ccccc1)C(=O)N2. The number of amides is 5. The topological polar surface area (TPSA) is 166 Å². The van der Waals surface area contributed by atoms with E-state index in [-0.39, 0.29) is 38.0 Å². The number of nitrogens with one attached hydrogen (secondary N) is 4. The molecule has 0 spiro atoms. The molecule has 12 nitrogen and oxygen atoms in total. The van der Waals surface area contributed by atoms with Crippen molar-refractivity contribution in [1.29, 1.82) is 0 Å². The fraction of sp³-hybridized carbons (Fsp3) is 0.378. The van der Waals surface area contributed by atoms with Crippen LogP contribution < -0.4 is 21.3 Å². The number of carbonyl (C=O) groups is 5. The van der Waals surface area contributed by atoms with Crippen molar-refractivity contribution in [2.24, 2.45) is 0 Å². The van der Waals surface area contributed by atoms with Gasteiger partial charge in [-0.1, -0.05) is 72.8 Å². The van der Waals surface area contributed by atoms with Crippen molar-refractivity contribution >= 4 is 29.7 Å². The van der Waals surface area contributed by atoms with Crippen molar-refractivity contribution in [1.82, 2.24) is 26.2 Å². The predicted octanol–water partition coefficient (Wildman–Crippen LogP) is 2.38. The Morgan fingerprint density at radius 2 is 1.33 bits per heavy atom. The predicted molar refractivity (Wildman–Crippen MR) is 181 cm³/mol. The molecule has 2 fully saturated rings. The lowest BCUT2D eigenvalue weighted by molar-refractivity contribution is -0.141. The third-order valence-corrected chi connectivity index (χ3v) is 8.43. The van der Waals surface area contributed by atoms with Crippen LogP contribution in [0.15, 0.2) is 84.9 Å². The largest absolute Gasteiger partial charge is 0.508 e. The Morgan fingerprint density at radius 3 is 1.88 bits per heavy atom. The van der Waals surface area contributed by atoms with Crippen LogP contribution in [0, 0.1) is 0 Å². The molecule has 258 valence electrons. The average Bonchev–Trinajstić information content (AvgIpc) is 3.47. The molecule has 3 aromatic carbocycles. The zero-order chi connectivity index (χ0) is 35.1. The molecule has 0 aliphatic carbocycles. The van der Waals surface area contributed by atoms with E-state index in [2.05, 4.69) is 21.3 Å². The monoisotopic (exact) mass is 669 g/mol. The summed E-state index contributed by atoms with van der Waals surface area (Å²) in [4.78, 5) is 70.1. The molecule has 2 heterocycles. The normalized spacial score (nSPS) is 21.8. The maximum atomic E-state index is 14.3. The Balaban J connectivity index is 1.45. The zero-order valence-corrected chi connectivity index (χ0v) is 27.8. The van der Waals surface area contributed by atoms with Gasteiger partial charge in [0.15, 0.2) is 0 Å². The maximum Gasteiger partial charge on any atom is 0.408 e. The molecule has 49 heavy (non-hydrogen) atoms. The van der Waals surface area contributed by atoms with E-state index in [4.69, 9.17) is 4.74 Å². The Kier molecular flexibility index (Phi) is 10.9. The van der Waals surface area contributed by atoms with Gasteiger partial charge in [-0.2, -0.15) is 0 Å². The molecule has 5 atom stereocenters. The first-order chi connectivity index (χ1) is 23.3. The number of likely N-dealkylation sites (tertiary alicyclic amines) is 1. The van der Waals surface area contributed by atoms with E-state index in [0.717, 1.165) is 11.1 Å². The van der Waals surface area contributed by atoms with Crippen molar-refractivity contribution in [2.45, 2.75) is 82.3 Å². The van der Waals surface area contributed by atoms with E-state index >= 15 is 0 Å². The van der Waals surface area contributed by atoms with E-state index in [1.165, 1.54) is 17.0 Å². The highest BCUT2D eigenvalue weighted by Crippen LogP contribution is 2.23. The number of carbonyl (C=O) groups excluding carboxylic acids is 5. The number of hydrogen-bond donors (Lipinski definition) is 5. The highest BCUT2D eigenvalue weighted by atomic mass is 16.6. The Morgan fingerprint density at radius 1 is 0.796 bits per heavy atom. The highest BCUT2D eigenvalue weighted by molar-refractivity contribution is 5.97. The lowest BCUT2D eigenvalue weighted by Crippen LogP contribution is -2.59. The third-order valence-electron chi connectivity index (χ3n) is 8.43. The Labute approximate surface area is 285 Å². The van der Waals surface area contributed by atoms with Gasteiger partial charge in [0.05, 0.1) is 0 Å². The molecule has 2 aliphatic heterocycles. The number of fused-ring (bicyclic) bond motifs is 2.